The van der Waals surface area contributed by atoms with Gasteiger partial charge in [0.05, 0.1) is 30.2 Å². The van der Waals surface area contributed by atoms with Crippen molar-refractivity contribution >= 4 is 17.5 Å². The number of para-hydroxylation sites is 1. The third-order valence-corrected chi connectivity index (χ3v) is 4.42. The zero-order chi connectivity index (χ0) is 13.9. The minimum Gasteiger partial charge on any atom is -0.393 e. The van der Waals surface area contributed by atoms with E-state index in [2.05, 4.69) is 0 Å². The molecule has 5 nitrogen and oxygen atoms in total. The molecule has 102 valence electrons. The fourth-order valence-corrected chi connectivity index (χ4v) is 3.52. The van der Waals surface area contributed by atoms with Crippen LogP contribution in [0.2, 0.25) is 0 Å². The van der Waals surface area contributed by atoms with Gasteiger partial charge in [0, 0.05) is 0 Å². The number of hydrogen-bond acceptors (Lipinski definition) is 4. The number of aliphatic hydroxyl groups excluding tert-OH is 1. The monoisotopic (exact) mass is 271 g/mol. The number of amides is 2. The van der Waals surface area contributed by atoms with Gasteiger partial charge in [-0.1, -0.05) is 30.4 Å². The van der Waals surface area contributed by atoms with Crippen molar-refractivity contribution in [3.8, 4) is 0 Å². The molecule has 0 radical (unpaired) electrons. The van der Waals surface area contributed by atoms with Crippen molar-refractivity contribution < 1.29 is 19.4 Å². The molecule has 20 heavy (non-hydrogen) atoms. The molecule has 2 amide bonds. The number of fused-ring (bicyclic) bond motifs is 5. The van der Waals surface area contributed by atoms with E-state index in [1.165, 1.54) is 4.90 Å². The lowest BCUT2D eigenvalue weighted by Crippen LogP contribution is -2.43. The number of ether oxygens (including phenoxy) is 1. The van der Waals surface area contributed by atoms with E-state index in [-0.39, 0.29) is 18.4 Å². The second kappa shape index (κ2) is 3.77. The smallest absolute Gasteiger partial charge is 0.241 e. The van der Waals surface area contributed by atoms with Crippen LogP contribution in [-0.4, -0.2) is 35.2 Å². The predicted molar refractivity (Wildman–Crippen MR) is 69.7 cm³/mol. The zero-order valence-electron chi connectivity index (χ0n) is 10.6. The molecule has 0 aliphatic carbocycles. The molecule has 2 saturated heterocycles. The maximum absolute atomic E-state index is 12.6. The van der Waals surface area contributed by atoms with Gasteiger partial charge >= 0.3 is 0 Å². The molecule has 2 fully saturated rings. The summed E-state index contributed by atoms with van der Waals surface area (Å²) in [5, 5.41) is 9.59. The number of carbonyl (C=O) groups excluding carboxylic acids is 2. The fourth-order valence-electron chi connectivity index (χ4n) is 3.52. The summed E-state index contributed by atoms with van der Waals surface area (Å²) >= 11 is 0. The first kappa shape index (κ1) is 11.8. The zero-order valence-corrected chi connectivity index (χ0v) is 10.6. The summed E-state index contributed by atoms with van der Waals surface area (Å²) in [6.45, 7) is -0.289. The minimum absolute atomic E-state index is 0.240. The maximum Gasteiger partial charge on any atom is 0.241 e. The van der Waals surface area contributed by atoms with Gasteiger partial charge in [0.1, 0.15) is 5.60 Å². The second-order valence-electron chi connectivity index (χ2n) is 5.41. The molecular weight excluding hydrogens is 258 g/mol. The van der Waals surface area contributed by atoms with Crippen LogP contribution in [0.4, 0.5) is 5.69 Å². The van der Waals surface area contributed by atoms with E-state index >= 15 is 0 Å². The molecule has 1 N–H and O–H groups in total. The van der Waals surface area contributed by atoms with Crippen molar-refractivity contribution in [1.29, 1.82) is 0 Å². The lowest BCUT2D eigenvalue weighted by molar-refractivity contribution is -0.128. The van der Waals surface area contributed by atoms with Gasteiger partial charge in [-0.3, -0.25) is 9.59 Å². The quantitative estimate of drug-likeness (QED) is 0.628. The summed E-state index contributed by atoms with van der Waals surface area (Å²) in [5.41, 5.74) is -0.449. The Morgan fingerprint density at radius 3 is 2.65 bits per heavy atom. The number of carbonyl (C=O) groups is 2. The molecule has 3 unspecified atom stereocenters. The number of rotatable bonds is 2. The van der Waals surface area contributed by atoms with E-state index < -0.39 is 23.5 Å². The third kappa shape index (κ3) is 1.24. The van der Waals surface area contributed by atoms with Gasteiger partial charge in [-0.25, -0.2) is 4.90 Å². The molecule has 5 heteroatoms. The molecule has 4 rings (SSSR count). The Labute approximate surface area is 115 Å². The molecule has 1 aromatic carbocycles. The van der Waals surface area contributed by atoms with Crippen LogP contribution in [0, 0.1) is 11.8 Å². The van der Waals surface area contributed by atoms with Gasteiger partial charge in [0.25, 0.3) is 0 Å². The SMILES string of the molecule is O=C1C2[C@H](C(=O)N1c1ccccc1)C1C=CC2(CO)O1. The average Bonchev–Trinajstić information content (AvgIpc) is 3.11. The number of imide groups is 1. The number of hydrogen-bond donors (Lipinski definition) is 1. The molecule has 3 heterocycles. The van der Waals surface area contributed by atoms with Gasteiger partial charge in [-0.05, 0) is 12.1 Å². The number of aliphatic hydroxyl groups is 1. The Hall–Kier alpha value is -1.98. The Kier molecular flexibility index (Phi) is 2.23. The largest absolute Gasteiger partial charge is 0.393 e. The van der Waals surface area contributed by atoms with Crippen molar-refractivity contribution in [2.24, 2.45) is 11.8 Å². The number of nitrogens with zero attached hydrogens (tertiary/aromatic N) is 1. The molecule has 3 aliphatic rings. The standard InChI is InChI=1S/C15H13NO4/c17-8-15-7-6-10(20-15)11-12(15)14(19)16(13(11)18)9-4-2-1-3-5-9/h1-7,10-12,17H,8H2/t10?,11-,12?,15?/m1/s1. The van der Waals surface area contributed by atoms with Crippen LogP contribution in [0.1, 0.15) is 0 Å². The Bertz CT molecular complexity index is 626. The van der Waals surface area contributed by atoms with Gasteiger partial charge in [0.15, 0.2) is 0 Å². The molecular formula is C15H13NO4. The average molecular weight is 271 g/mol. The van der Waals surface area contributed by atoms with Crippen LogP contribution in [0.5, 0.6) is 0 Å². The summed E-state index contributed by atoms with van der Waals surface area (Å²) in [4.78, 5) is 26.4. The first-order valence-corrected chi connectivity index (χ1v) is 6.59. The summed E-state index contributed by atoms with van der Waals surface area (Å²) in [7, 11) is 0. The van der Waals surface area contributed by atoms with Crippen LogP contribution < -0.4 is 4.90 Å². The van der Waals surface area contributed by atoms with Crippen LogP contribution >= 0.6 is 0 Å². The van der Waals surface area contributed by atoms with Crippen LogP contribution in [0.15, 0.2) is 42.5 Å². The van der Waals surface area contributed by atoms with Crippen molar-refractivity contribution in [3.05, 3.63) is 42.5 Å². The van der Waals surface area contributed by atoms with E-state index in [1.807, 2.05) is 6.07 Å². The van der Waals surface area contributed by atoms with Crippen molar-refractivity contribution in [2.75, 3.05) is 11.5 Å². The fraction of sp³-hybridized carbons (Fsp3) is 0.333. The number of anilines is 1. The number of benzene rings is 1. The first-order chi connectivity index (χ1) is 9.68. The molecule has 2 bridgehead atoms. The second-order valence-corrected chi connectivity index (χ2v) is 5.41. The van der Waals surface area contributed by atoms with E-state index in [9.17, 15) is 14.7 Å². The lowest BCUT2D eigenvalue weighted by atomic mass is 9.77. The van der Waals surface area contributed by atoms with Gasteiger partial charge in [-0.15, -0.1) is 0 Å². The van der Waals surface area contributed by atoms with Gasteiger partial charge in [-0.2, -0.15) is 0 Å². The topological polar surface area (TPSA) is 66.8 Å². The maximum atomic E-state index is 12.6. The van der Waals surface area contributed by atoms with Crippen molar-refractivity contribution in [3.63, 3.8) is 0 Å². The van der Waals surface area contributed by atoms with E-state index in [0.717, 1.165) is 0 Å². The molecule has 4 atom stereocenters. The molecule has 1 aromatic rings. The van der Waals surface area contributed by atoms with Crippen molar-refractivity contribution in [2.45, 2.75) is 11.7 Å². The van der Waals surface area contributed by atoms with E-state index in [4.69, 9.17) is 4.74 Å². The molecule has 3 aliphatic heterocycles. The first-order valence-electron chi connectivity index (χ1n) is 6.59. The highest BCUT2D eigenvalue weighted by Crippen LogP contribution is 2.52. The van der Waals surface area contributed by atoms with Crippen LogP contribution in [0.25, 0.3) is 0 Å². The highest BCUT2D eigenvalue weighted by molar-refractivity contribution is 6.23. The van der Waals surface area contributed by atoms with Gasteiger partial charge in [0.2, 0.25) is 11.8 Å². The minimum atomic E-state index is -1.02. The summed E-state index contributed by atoms with van der Waals surface area (Å²) in [6.07, 6.45) is 3.09. The highest BCUT2D eigenvalue weighted by Gasteiger charge is 2.67. The normalized spacial score (nSPS) is 37.9. The summed E-state index contributed by atoms with van der Waals surface area (Å²) in [6, 6.07) is 8.88. The van der Waals surface area contributed by atoms with Crippen LogP contribution in [0.3, 0.4) is 0 Å². The predicted octanol–water partition coefficient (Wildman–Crippen LogP) is 0.492. The Morgan fingerprint density at radius 2 is 1.95 bits per heavy atom. The molecule has 0 spiro atoms. The summed E-state index contributed by atoms with van der Waals surface area (Å²) in [5.74, 6) is -1.65. The Morgan fingerprint density at radius 1 is 1.20 bits per heavy atom. The van der Waals surface area contributed by atoms with Crippen molar-refractivity contribution in [1.82, 2.24) is 0 Å². The van der Waals surface area contributed by atoms with Crippen LogP contribution in [-0.2, 0) is 14.3 Å². The third-order valence-electron chi connectivity index (χ3n) is 4.42. The lowest BCUT2D eigenvalue weighted by Gasteiger charge is -2.26. The molecule has 0 aromatic heterocycles. The summed E-state index contributed by atoms with van der Waals surface area (Å²) < 4.78 is 5.67. The van der Waals surface area contributed by atoms with E-state index in [0.29, 0.717) is 5.69 Å². The highest BCUT2D eigenvalue weighted by atomic mass is 16.5. The molecule has 0 saturated carbocycles. The Balaban J connectivity index is 1.79. The van der Waals surface area contributed by atoms with Gasteiger partial charge < -0.3 is 9.84 Å². The van der Waals surface area contributed by atoms with E-state index in [1.54, 1.807) is 36.4 Å².